The molecule has 1 atom stereocenters. The quantitative estimate of drug-likeness (QED) is 0.826. The van der Waals surface area contributed by atoms with E-state index in [1.165, 1.54) is 0 Å². The minimum atomic E-state index is -0.470. The molecule has 0 radical (unpaired) electrons. The standard InChI is InChI=1S/C14H23NO2/c1-9(2)15-8-13(16)12-6-11(4)14(17-5)7-10(12)3/h6-7,9,13,15-16H,8H2,1-5H3. The van der Waals surface area contributed by atoms with Gasteiger partial charge in [-0.3, -0.25) is 0 Å². The van der Waals surface area contributed by atoms with E-state index in [1.807, 2.05) is 26.0 Å². The van der Waals surface area contributed by atoms with Crippen LogP contribution < -0.4 is 10.1 Å². The molecule has 0 fully saturated rings. The topological polar surface area (TPSA) is 41.5 Å². The van der Waals surface area contributed by atoms with E-state index >= 15 is 0 Å². The highest BCUT2D eigenvalue weighted by Gasteiger charge is 2.13. The zero-order chi connectivity index (χ0) is 13.0. The van der Waals surface area contributed by atoms with E-state index in [0.717, 1.165) is 22.4 Å². The number of hydrogen-bond donors (Lipinski definition) is 2. The smallest absolute Gasteiger partial charge is 0.122 e. The molecule has 0 amide bonds. The lowest BCUT2D eigenvalue weighted by molar-refractivity contribution is 0.171. The highest BCUT2D eigenvalue weighted by molar-refractivity contribution is 5.42. The first-order valence-electron chi connectivity index (χ1n) is 6.02. The van der Waals surface area contributed by atoms with Crippen LogP contribution >= 0.6 is 0 Å². The van der Waals surface area contributed by atoms with Gasteiger partial charge in [-0.15, -0.1) is 0 Å². The zero-order valence-electron chi connectivity index (χ0n) is 11.4. The Balaban J connectivity index is 2.86. The van der Waals surface area contributed by atoms with Crippen LogP contribution in [0.4, 0.5) is 0 Å². The van der Waals surface area contributed by atoms with Gasteiger partial charge < -0.3 is 15.2 Å². The predicted molar refractivity (Wildman–Crippen MR) is 70.6 cm³/mol. The second kappa shape index (κ2) is 6.03. The van der Waals surface area contributed by atoms with E-state index in [0.29, 0.717) is 12.6 Å². The van der Waals surface area contributed by atoms with Crippen molar-refractivity contribution in [3.05, 3.63) is 28.8 Å². The molecule has 17 heavy (non-hydrogen) atoms. The largest absolute Gasteiger partial charge is 0.496 e. The minimum Gasteiger partial charge on any atom is -0.496 e. The lowest BCUT2D eigenvalue weighted by Crippen LogP contribution is -2.28. The Labute approximate surface area is 104 Å². The van der Waals surface area contributed by atoms with E-state index in [-0.39, 0.29) is 0 Å². The number of rotatable bonds is 5. The van der Waals surface area contributed by atoms with Crippen molar-refractivity contribution in [1.29, 1.82) is 0 Å². The Morgan fingerprint density at radius 3 is 2.41 bits per heavy atom. The molecule has 0 saturated carbocycles. The average molecular weight is 237 g/mol. The fourth-order valence-electron chi connectivity index (χ4n) is 1.85. The first-order valence-corrected chi connectivity index (χ1v) is 6.02. The fourth-order valence-corrected chi connectivity index (χ4v) is 1.85. The molecule has 1 aromatic rings. The maximum atomic E-state index is 10.1. The van der Waals surface area contributed by atoms with Crippen LogP contribution in [0.2, 0.25) is 0 Å². The number of hydrogen-bond acceptors (Lipinski definition) is 3. The van der Waals surface area contributed by atoms with Crippen molar-refractivity contribution < 1.29 is 9.84 Å². The molecule has 0 aliphatic heterocycles. The summed E-state index contributed by atoms with van der Waals surface area (Å²) in [5, 5.41) is 13.4. The van der Waals surface area contributed by atoms with Gasteiger partial charge in [0.2, 0.25) is 0 Å². The highest BCUT2D eigenvalue weighted by atomic mass is 16.5. The van der Waals surface area contributed by atoms with E-state index in [2.05, 4.69) is 19.2 Å². The Morgan fingerprint density at radius 1 is 1.24 bits per heavy atom. The molecule has 96 valence electrons. The first-order chi connectivity index (χ1) is 7.95. The predicted octanol–water partition coefficient (Wildman–Crippen LogP) is 2.34. The van der Waals surface area contributed by atoms with Gasteiger partial charge in [0.1, 0.15) is 5.75 Å². The van der Waals surface area contributed by atoms with Crippen LogP contribution in [0.1, 0.15) is 36.6 Å². The molecule has 0 spiro atoms. The van der Waals surface area contributed by atoms with Crippen molar-refractivity contribution in [2.75, 3.05) is 13.7 Å². The third kappa shape index (κ3) is 3.72. The average Bonchev–Trinajstić information content (AvgIpc) is 2.28. The molecule has 0 aliphatic rings. The Morgan fingerprint density at radius 2 is 1.88 bits per heavy atom. The Kier molecular flexibility index (Phi) is 4.97. The third-order valence-electron chi connectivity index (χ3n) is 2.86. The van der Waals surface area contributed by atoms with E-state index in [1.54, 1.807) is 7.11 Å². The maximum Gasteiger partial charge on any atom is 0.122 e. The normalized spacial score (nSPS) is 12.9. The van der Waals surface area contributed by atoms with Crippen molar-refractivity contribution in [1.82, 2.24) is 5.32 Å². The van der Waals surface area contributed by atoms with Gasteiger partial charge in [-0.05, 0) is 42.7 Å². The molecule has 0 heterocycles. The van der Waals surface area contributed by atoms with Gasteiger partial charge in [0, 0.05) is 12.6 Å². The van der Waals surface area contributed by atoms with E-state index in [9.17, 15) is 5.11 Å². The van der Waals surface area contributed by atoms with Gasteiger partial charge in [0.15, 0.2) is 0 Å². The molecule has 3 nitrogen and oxygen atoms in total. The van der Waals surface area contributed by atoms with E-state index in [4.69, 9.17) is 4.74 Å². The van der Waals surface area contributed by atoms with Crippen LogP contribution in [0, 0.1) is 13.8 Å². The summed E-state index contributed by atoms with van der Waals surface area (Å²) in [4.78, 5) is 0. The Bertz CT molecular complexity index is 375. The number of aliphatic hydroxyl groups excluding tert-OH is 1. The lowest BCUT2D eigenvalue weighted by Gasteiger charge is -2.18. The van der Waals surface area contributed by atoms with Gasteiger partial charge in [-0.1, -0.05) is 13.8 Å². The minimum absolute atomic E-state index is 0.379. The first kappa shape index (κ1) is 14.0. The number of aryl methyl sites for hydroxylation is 2. The molecule has 1 aromatic carbocycles. The summed E-state index contributed by atoms with van der Waals surface area (Å²) in [6.45, 7) is 8.70. The van der Waals surface area contributed by atoms with Crippen LogP contribution in [0.25, 0.3) is 0 Å². The van der Waals surface area contributed by atoms with Gasteiger partial charge in [0.05, 0.1) is 13.2 Å². The summed E-state index contributed by atoms with van der Waals surface area (Å²) in [6, 6.07) is 4.36. The summed E-state index contributed by atoms with van der Waals surface area (Å²) < 4.78 is 5.26. The van der Waals surface area contributed by atoms with Crippen molar-refractivity contribution in [3.63, 3.8) is 0 Å². The third-order valence-corrected chi connectivity index (χ3v) is 2.86. The van der Waals surface area contributed by atoms with Crippen molar-refractivity contribution in [3.8, 4) is 5.75 Å². The van der Waals surface area contributed by atoms with Gasteiger partial charge >= 0.3 is 0 Å². The number of nitrogens with one attached hydrogen (secondary N) is 1. The molecule has 3 heteroatoms. The molecule has 0 aromatic heterocycles. The molecule has 0 bridgehead atoms. The molecular weight excluding hydrogens is 214 g/mol. The summed E-state index contributed by atoms with van der Waals surface area (Å²) in [6.07, 6.45) is -0.470. The van der Waals surface area contributed by atoms with Crippen LogP contribution in [0.15, 0.2) is 12.1 Å². The SMILES string of the molecule is COc1cc(C)c(C(O)CNC(C)C)cc1C. The molecule has 0 aliphatic carbocycles. The van der Waals surface area contributed by atoms with Gasteiger partial charge in [-0.25, -0.2) is 0 Å². The molecule has 0 saturated heterocycles. The zero-order valence-corrected chi connectivity index (χ0v) is 11.4. The molecule has 2 N–H and O–H groups in total. The number of methoxy groups -OCH3 is 1. The van der Waals surface area contributed by atoms with Crippen LogP contribution in [-0.2, 0) is 0 Å². The molecule has 1 unspecified atom stereocenters. The number of benzene rings is 1. The van der Waals surface area contributed by atoms with Crippen LogP contribution in [0.3, 0.4) is 0 Å². The van der Waals surface area contributed by atoms with Crippen molar-refractivity contribution >= 4 is 0 Å². The highest BCUT2D eigenvalue weighted by Crippen LogP contribution is 2.26. The second-order valence-electron chi connectivity index (χ2n) is 4.76. The van der Waals surface area contributed by atoms with Gasteiger partial charge in [-0.2, -0.15) is 0 Å². The summed E-state index contributed by atoms with van der Waals surface area (Å²) >= 11 is 0. The fraction of sp³-hybridized carbons (Fsp3) is 0.571. The number of ether oxygens (including phenoxy) is 1. The van der Waals surface area contributed by atoms with E-state index < -0.39 is 6.10 Å². The molecule has 1 rings (SSSR count). The monoisotopic (exact) mass is 237 g/mol. The second-order valence-corrected chi connectivity index (χ2v) is 4.76. The van der Waals surface area contributed by atoms with Crippen molar-refractivity contribution in [2.45, 2.75) is 39.8 Å². The Hall–Kier alpha value is -1.06. The summed E-state index contributed by atoms with van der Waals surface area (Å²) in [7, 11) is 1.66. The van der Waals surface area contributed by atoms with Crippen molar-refractivity contribution in [2.24, 2.45) is 0 Å². The summed E-state index contributed by atoms with van der Waals surface area (Å²) in [5.74, 6) is 0.871. The number of aliphatic hydroxyl groups is 1. The lowest BCUT2D eigenvalue weighted by atomic mass is 10.00. The van der Waals surface area contributed by atoms with Crippen LogP contribution in [-0.4, -0.2) is 24.8 Å². The van der Waals surface area contributed by atoms with Gasteiger partial charge in [0.25, 0.3) is 0 Å². The van der Waals surface area contributed by atoms with Crippen LogP contribution in [0.5, 0.6) is 5.75 Å². The maximum absolute atomic E-state index is 10.1. The summed E-state index contributed by atoms with van der Waals surface area (Å²) in [5.41, 5.74) is 3.08. The molecular formula is C14H23NO2.